The monoisotopic (exact) mass is 203 g/mol. The lowest BCUT2D eigenvalue weighted by atomic mass is 10.2. The van der Waals surface area contributed by atoms with Crippen LogP contribution in [0.2, 0.25) is 0 Å². The Hall–Kier alpha value is -1.79. The van der Waals surface area contributed by atoms with E-state index in [0.29, 0.717) is 0 Å². The van der Waals surface area contributed by atoms with Crippen LogP contribution in [-0.2, 0) is 0 Å². The summed E-state index contributed by atoms with van der Waals surface area (Å²) >= 11 is 0. The van der Waals surface area contributed by atoms with E-state index >= 15 is 0 Å². The quantitative estimate of drug-likeness (QED) is 0.587. The van der Waals surface area contributed by atoms with Crippen molar-refractivity contribution in [3.63, 3.8) is 0 Å². The number of aromatic nitrogens is 1. The van der Waals surface area contributed by atoms with Crippen molar-refractivity contribution in [3.8, 4) is 0 Å². The minimum absolute atomic E-state index is 0.0249. The van der Waals surface area contributed by atoms with Gasteiger partial charge in [0, 0.05) is 6.20 Å². The highest BCUT2D eigenvalue weighted by molar-refractivity contribution is 5.64. The zero-order valence-corrected chi connectivity index (χ0v) is 7.20. The Kier molecular flexibility index (Phi) is 2.59. The van der Waals surface area contributed by atoms with Crippen LogP contribution < -0.4 is 5.73 Å². The van der Waals surface area contributed by atoms with E-state index in [9.17, 15) is 18.9 Å². The second-order valence-corrected chi connectivity index (χ2v) is 2.62. The van der Waals surface area contributed by atoms with Crippen molar-refractivity contribution >= 4 is 11.4 Å². The van der Waals surface area contributed by atoms with Crippen LogP contribution in [-0.4, -0.2) is 9.91 Å². The maximum absolute atomic E-state index is 12.3. The van der Waals surface area contributed by atoms with E-state index in [-0.39, 0.29) is 5.69 Å². The van der Waals surface area contributed by atoms with E-state index in [1.165, 1.54) is 6.92 Å². The molecule has 76 valence electrons. The van der Waals surface area contributed by atoms with Gasteiger partial charge in [0.1, 0.15) is 11.4 Å². The molecular formula is C7H7F2N3O2. The molecule has 5 nitrogen and oxygen atoms in total. The van der Waals surface area contributed by atoms with Gasteiger partial charge in [-0.15, -0.1) is 0 Å². The van der Waals surface area contributed by atoms with Gasteiger partial charge in [0.15, 0.2) is 0 Å². The summed E-state index contributed by atoms with van der Waals surface area (Å²) < 4.78 is 24.5. The van der Waals surface area contributed by atoms with Crippen molar-refractivity contribution in [1.29, 1.82) is 0 Å². The van der Waals surface area contributed by atoms with Crippen molar-refractivity contribution < 1.29 is 13.7 Å². The lowest BCUT2D eigenvalue weighted by Crippen LogP contribution is -2.04. The van der Waals surface area contributed by atoms with Crippen LogP contribution in [0.25, 0.3) is 0 Å². The summed E-state index contributed by atoms with van der Waals surface area (Å²) in [6, 6.07) is 0. The molecule has 14 heavy (non-hydrogen) atoms. The lowest BCUT2D eigenvalue weighted by Gasteiger charge is -2.05. The third-order valence-corrected chi connectivity index (χ3v) is 1.72. The molecule has 0 aliphatic heterocycles. The van der Waals surface area contributed by atoms with Gasteiger partial charge in [-0.25, -0.2) is 8.78 Å². The summed E-state index contributed by atoms with van der Waals surface area (Å²) in [5.74, 6) is 0. The van der Waals surface area contributed by atoms with Crippen molar-refractivity contribution in [2.24, 2.45) is 0 Å². The van der Waals surface area contributed by atoms with Crippen LogP contribution in [0.1, 0.15) is 17.7 Å². The van der Waals surface area contributed by atoms with E-state index in [2.05, 4.69) is 4.98 Å². The van der Waals surface area contributed by atoms with Crippen LogP contribution in [0.15, 0.2) is 6.20 Å². The molecule has 0 bridgehead atoms. The van der Waals surface area contributed by atoms with E-state index < -0.39 is 28.3 Å². The van der Waals surface area contributed by atoms with E-state index in [1.54, 1.807) is 0 Å². The normalized spacial score (nSPS) is 10.6. The summed E-state index contributed by atoms with van der Waals surface area (Å²) in [4.78, 5) is 13.1. The molecule has 1 aromatic rings. The number of hydrogen-bond donors (Lipinski definition) is 1. The number of halogens is 2. The van der Waals surface area contributed by atoms with Gasteiger partial charge in [-0.05, 0) is 6.92 Å². The first-order valence-corrected chi connectivity index (χ1v) is 3.62. The minimum atomic E-state index is -2.86. The van der Waals surface area contributed by atoms with Gasteiger partial charge < -0.3 is 5.73 Å². The Morgan fingerprint density at radius 1 is 1.64 bits per heavy atom. The Labute approximate surface area is 77.7 Å². The molecule has 0 unspecified atom stereocenters. The molecule has 0 aromatic carbocycles. The number of alkyl halides is 2. The van der Waals surface area contributed by atoms with Crippen molar-refractivity contribution in [3.05, 3.63) is 27.6 Å². The molecule has 0 fully saturated rings. The molecular weight excluding hydrogens is 196 g/mol. The number of anilines is 1. The summed E-state index contributed by atoms with van der Waals surface area (Å²) in [7, 11) is 0. The predicted molar refractivity (Wildman–Crippen MR) is 45.0 cm³/mol. The van der Waals surface area contributed by atoms with E-state index in [4.69, 9.17) is 5.73 Å². The number of nitro groups is 1. The highest BCUT2D eigenvalue weighted by atomic mass is 19.3. The van der Waals surface area contributed by atoms with Crippen LogP contribution in [0.3, 0.4) is 0 Å². The Balaban J connectivity index is 3.41. The smallest absolute Gasteiger partial charge is 0.313 e. The zero-order valence-electron chi connectivity index (χ0n) is 7.20. The van der Waals surface area contributed by atoms with Crippen LogP contribution >= 0.6 is 0 Å². The molecule has 0 spiro atoms. The maximum Gasteiger partial charge on any atom is 0.313 e. The third kappa shape index (κ3) is 1.61. The fourth-order valence-corrected chi connectivity index (χ4v) is 1.03. The first-order valence-electron chi connectivity index (χ1n) is 3.62. The van der Waals surface area contributed by atoms with Gasteiger partial charge in [-0.1, -0.05) is 0 Å². The van der Waals surface area contributed by atoms with Gasteiger partial charge in [0.05, 0.1) is 10.5 Å². The Morgan fingerprint density at radius 2 is 2.21 bits per heavy atom. The third-order valence-electron chi connectivity index (χ3n) is 1.72. The molecule has 1 rings (SSSR count). The van der Waals surface area contributed by atoms with Crippen LogP contribution in [0.4, 0.5) is 20.2 Å². The molecule has 0 amide bonds. The van der Waals surface area contributed by atoms with Gasteiger partial charge >= 0.3 is 5.69 Å². The highest BCUT2D eigenvalue weighted by Crippen LogP contribution is 2.32. The molecule has 2 N–H and O–H groups in total. The van der Waals surface area contributed by atoms with E-state index in [1.807, 2.05) is 0 Å². The minimum Gasteiger partial charge on any atom is -0.393 e. The number of aryl methyl sites for hydroxylation is 1. The predicted octanol–water partition coefficient (Wildman–Crippen LogP) is 1.82. The molecule has 0 aliphatic rings. The topological polar surface area (TPSA) is 82.0 Å². The number of rotatable bonds is 2. The van der Waals surface area contributed by atoms with Gasteiger partial charge in [-0.3, -0.25) is 15.1 Å². The molecule has 1 aromatic heterocycles. The Bertz CT molecular complexity index is 381. The molecule has 0 saturated heterocycles. The molecule has 7 heteroatoms. The summed E-state index contributed by atoms with van der Waals surface area (Å²) in [6.07, 6.45) is -2.01. The molecule has 1 heterocycles. The number of nitrogens with zero attached hydrogens (tertiary/aromatic N) is 2. The number of nitrogen functional groups attached to an aromatic ring is 1. The summed E-state index contributed by atoms with van der Waals surface area (Å²) in [5, 5.41) is 10.5. The highest BCUT2D eigenvalue weighted by Gasteiger charge is 2.23. The van der Waals surface area contributed by atoms with Gasteiger partial charge in [0.25, 0.3) is 6.43 Å². The molecule has 0 radical (unpaired) electrons. The van der Waals surface area contributed by atoms with Crippen LogP contribution in [0, 0.1) is 17.0 Å². The molecule has 0 aliphatic carbocycles. The first-order chi connectivity index (χ1) is 6.45. The number of nitrogens with two attached hydrogens (primary N) is 1. The average Bonchev–Trinajstić information content (AvgIpc) is 2.02. The van der Waals surface area contributed by atoms with Crippen molar-refractivity contribution in [2.45, 2.75) is 13.3 Å². The standard InChI is InChI=1S/C7H7F2N3O2/c1-3-6(12(13)14)5(10)4(2-11-3)7(8)9/h2,7H,1H3,(H2,10,11). The SMILES string of the molecule is Cc1ncc(C(F)F)c(N)c1[N+](=O)[O-]. The largest absolute Gasteiger partial charge is 0.393 e. The van der Waals surface area contributed by atoms with Crippen molar-refractivity contribution in [2.75, 3.05) is 5.73 Å². The molecule has 0 atom stereocenters. The summed E-state index contributed by atoms with van der Waals surface area (Å²) in [5.41, 5.74) is 3.57. The lowest BCUT2D eigenvalue weighted by molar-refractivity contribution is -0.384. The maximum atomic E-state index is 12.3. The van der Waals surface area contributed by atoms with Crippen molar-refractivity contribution in [1.82, 2.24) is 4.98 Å². The second kappa shape index (κ2) is 3.52. The molecule has 0 saturated carbocycles. The van der Waals surface area contributed by atoms with E-state index in [0.717, 1.165) is 6.20 Å². The van der Waals surface area contributed by atoms with Crippen LogP contribution in [0.5, 0.6) is 0 Å². The Morgan fingerprint density at radius 3 is 2.64 bits per heavy atom. The van der Waals surface area contributed by atoms with Gasteiger partial charge in [0.2, 0.25) is 0 Å². The number of hydrogen-bond acceptors (Lipinski definition) is 4. The first kappa shape index (κ1) is 10.3. The summed E-state index contributed by atoms with van der Waals surface area (Å²) in [6.45, 7) is 1.34. The number of pyridine rings is 1. The average molecular weight is 203 g/mol. The fourth-order valence-electron chi connectivity index (χ4n) is 1.03. The zero-order chi connectivity index (χ0) is 10.9. The fraction of sp³-hybridized carbons (Fsp3) is 0.286. The van der Waals surface area contributed by atoms with Gasteiger partial charge in [-0.2, -0.15) is 0 Å². The second-order valence-electron chi connectivity index (χ2n) is 2.62.